The van der Waals surface area contributed by atoms with Crippen LogP contribution < -0.4 is 5.32 Å². The number of carbonyl (C=O) groups excluding carboxylic acids is 2. The lowest BCUT2D eigenvalue weighted by Gasteiger charge is -2.06. The van der Waals surface area contributed by atoms with E-state index < -0.39 is 0 Å². The van der Waals surface area contributed by atoms with E-state index in [0.717, 1.165) is 18.5 Å². The van der Waals surface area contributed by atoms with Gasteiger partial charge in [-0.05, 0) is 37.6 Å². The van der Waals surface area contributed by atoms with Crippen molar-refractivity contribution in [1.82, 2.24) is 0 Å². The molecule has 0 saturated carbocycles. The molecule has 0 aliphatic rings. The van der Waals surface area contributed by atoms with E-state index in [1.807, 2.05) is 0 Å². The lowest BCUT2D eigenvalue weighted by molar-refractivity contribution is -0.116. The van der Waals surface area contributed by atoms with Gasteiger partial charge in [0, 0.05) is 17.7 Å². The molecule has 0 saturated heterocycles. The van der Waals surface area contributed by atoms with Crippen LogP contribution in [0.5, 0.6) is 0 Å². The number of unbranched alkanes of at least 4 members (excludes halogenated alkanes) is 6. The van der Waals surface area contributed by atoms with Crippen molar-refractivity contribution in [3.63, 3.8) is 0 Å². The van der Waals surface area contributed by atoms with Crippen LogP contribution in [0.15, 0.2) is 24.3 Å². The third-order valence-corrected chi connectivity index (χ3v) is 3.58. The highest BCUT2D eigenvalue weighted by atomic mass is 16.1. The van der Waals surface area contributed by atoms with Gasteiger partial charge in [-0.15, -0.1) is 0 Å². The number of anilines is 1. The average molecular weight is 289 g/mol. The van der Waals surface area contributed by atoms with E-state index >= 15 is 0 Å². The number of Topliss-reactive ketones (excluding diaryl/α,β-unsaturated/α-hetero) is 1. The molecule has 1 amide bonds. The van der Waals surface area contributed by atoms with Gasteiger partial charge in [0.25, 0.3) is 0 Å². The summed E-state index contributed by atoms with van der Waals surface area (Å²) < 4.78 is 0. The summed E-state index contributed by atoms with van der Waals surface area (Å²) in [6, 6.07) is 7.04. The lowest BCUT2D eigenvalue weighted by Crippen LogP contribution is -2.11. The van der Waals surface area contributed by atoms with Crippen molar-refractivity contribution < 1.29 is 9.59 Å². The van der Waals surface area contributed by atoms with E-state index in [1.54, 1.807) is 24.3 Å². The predicted molar refractivity (Wildman–Crippen MR) is 87.7 cm³/mol. The Morgan fingerprint density at radius 2 is 1.48 bits per heavy atom. The highest BCUT2D eigenvalue weighted by Gasteiger charge is 2.03. The van der Waals surface area contributed by atoms with Gasteiger partial charge in [-0.2, -0.15) is 0 Å². The summed E-state index contributed by atoms with van der Waals surface area (Å²) in [7, 11) is 0. The van der Waals surface area contributed by atoms with E-state index in [4.69, 9.17) is 0 Å². The standard InChI is InChI=1S/C18H27NO2/c1-3-4-5-6-7-8-9-10-18(21)19-17-13-11-16(12-14-17)15(2)20/h11-14H,3-10H2,1-2H3,(H,19,21). The molecule has 1 N–H and O–H groups in total. The maximum Gasteiger partial charge on any atom is 0.224 e. The molecule has 0 heterocycles. The Balaban J connectivity index is 2.17. The van der Waals surface area contributed by atoms with Crippen LogP contribution in [0.25, 0.3) is 0 Å². The van der Waals surface area contributed by atoms with E-state index in [1.165, 1.54) is 39.0 Å². The van der Waals surface area contributed by atoms with Gasteiger partial charge in [0.2, 0.25) is 5.91 Å². The van der Waals surface area contributed by atoms with Crippen LogP contribution in [0, 0.1) is 0 Å². The second kappa shape index (κ2) is 10.1. The SMILES string of the molecule is CCCCCCCCCC(=O)Nc1ccc(C(C)=O)cc1. The fraction of sp³-hybridized carbons (Fsp3) is 0.556. The summed E-state index contributed by atoms with van der Waals surface area (Å²) in [6.45, 7) is 3.75. The van der Waals surface area contributed by atoms with Crippen molar-refractivity contribution in [1.29, 1.82) is 0 Å². The molecule has 0 spiro atoms. The Morgan fingerprint density at radius 3 is 2.05 bits per heavy atom. The molecular formula is C18H27NO2. The third-order valence-electron chi connectivity index (χ3n) is 3.58. The van der Waals surface area contributed by atoms with Crippen molar-refractivity contribution in [2.24, 2.45) is 0 Å². The Kier molecular flexibility index (Phi) is 8.41. The Labute approximate surface area is 128 Å². The quantitative estimate of drug-likeness (QED) is 0.488. The molecular weight excluding hydrogens is 262 g/mol. The summed E-state index contributed by atoms with van der Waals surface area (Å²) in [5.41, 5.74) is 1.42. The molecule has 0 aliphatic carbocycles. The van der Waals surface area contributed by atoms with Crippen molar-refractivity contribution >= 4 is 17.4 Å². The van der Waals surface area contributed by atoms with E-state index in [9.17, 15) is 9.59 Å². The van der Waals surface area contributed by atoms with E-state index in [0.29, 0.717) is 12.0 Å². The number of benzene rings is 1. The molecule has 21 heavy (non-hydrogen) atoms. The summed E-state index contributed by atoms with van der Waals surface area (Å²) in [5.74, 6) is 0.0927. The fourth-order valence-electron chi connectivity index (χ4n) is 2.25. The van der Waals surface area contributed by atoms with Gasteiger partial charge in [0.1, 0.15) is 0 Å². The molecule has 1 aromatic rings. The smallest absolute Gasteiger partial charge is 0.224 e. The van der Waals surface area contributed by atoms with Gasteiger partial charge in [0.15, 0.2) is 5.78 Å². The zero-order valence-corrected chi connectivity index (χ0v) is 13.3. The van der Waals surface area contributed by atoms with Crippen LogP contribution in [-0.4, -0.2) is 11.7 Å². The van der Waals surface area contributed by atoms with Crippen molar-refractivity contribution in [2.45, 2.75) is 65.2 Å². The van der Waals surface area contributed by atoms with Crippen LogP contribution in [-0.2, 0) is 4.79 Å². The first-order valence-electron chi connectivity index (χ1n) is 8.04. The molecule has 0 radical (unpaired) electrons. The third kappa shape index (κ3) is 7.64. The van der Waals surface area contributed by atoms with Gasteiger partial charge in [0.05, 0.1) is 0 Å². The van der Waals surface area contributed by atoms with Crippen LogP contribution in [0.3, 0.4) is 0 Å². The number of carbonyl (C=O) groups is 2. The molecule has 116 valence electrons. The average Bonchev–Trinajstić information content (AvgIpc) is 2.47. The monoisotopic (exact) mass is 289 g/mol. The second-order valence-electron chi connectivity index (χ2n) is 5.55. The fourth-order valence-corrected chi connectivity index (χ4v) is 2.25. The minimum atomic E-state index is 0.0379. The van der Waals surface area contributed by atoms with Gasteiger partial charge >= 0.3 is 0 Å². The highest BCUT2D eigenvalue weighted by molar-refractivity contribution is 5.95. The van der Waals surface area contributed by atoms with Crippen LogP contribution >= 0.6 is 0 Å². The largest absolute Gasteiger partial charge is 0.326 e. The number of rotatable bonds is 10. The van der Waals surface area contributed by atoms with Gasteiger partial charge in [-0.3, -0.25) is 9.59 Å². The molecule has 0 atom stereocenters. The highest BCUT2D eigenvalue weighted by Crippen LogP contribution is 2.12. The number of nitrogens with one attached hydrogen (secondary N) is 1. The first-order chi connectivity index (χ1) is 10.1. The van der Waals surface area contributed by atoms with Crippen LogP contribution in [0.1, 0.15) is 75.6 Å². The zero-order chi connectivity index (χ0) is 15.5. The first-order valence-corrected chi connectivity index (χ1v) is 8.04. The summed E-state index contributed by atoms with van der Waals surface area (Å²) in [5, 5.41) is 2.87. The first kappa shape index (κ1) is 17.4. The van der Waals surface area contributed by atoms with Gasteiger partial charge in [-0.25, -0.2) is 0 Å². The number of ketones is 1. The number of hydrogen-bond acceptors (Lipinski definition) is 2. The lowest BCUT2D eigenvalue weighted by atomic mass is 10.1. The summed E-state index contributed by atoms with van der Waals surface area (Å²) in [6.07, 6.45) is 9.04. The Bertz CT molecular complexity index is 437. The Hall–Kier alpha value is -1.64. The van der Waals surface area contributed by atoms with Crippen LogP contribution in [0.4, 0.5) is 5.69 Å². The second-order valence-corrected chi connectivity index (χ2v) is 5.55. The van der Waals surface area contributed by atoms with Crippen molar-refractivity contribution in [2.75, 3.05) is 5.32 Å². The number of amides is 1. The minimum absolute atomic E-state index is 0.0379. The molecule has 3 nitrogen and oxygen atoms in total. The molecule has 1 aromatic carbocycles. The molecule has 0 bridgehead atoms. The minimum Gasteiger partial charge on any atom is -0.326 e. The maximum absolute atomic E-state index is 11.8. The van der Waals surface area contributed by atoms with E-state index in [-0.39, 0.29) is 11.7 Å². The predicted octanol–water partition coefficient (Wildman–Crippen LogP) is 4.97. The van der Waals surface area contributed by atoms with Crippen molar-refractivity contribution in [3.8, 4) is 0 Å². The molecule has 0 aromatic heterocycles. The zero-order valence-electron chi connectivity index (χ0n) is 13.3. The van der Waals surface area contributed by atoms with Gasteiger partial charge < -0.3 is 5.32 Å². The van der Waals surface area contributed by atoms with Crippen molar-refractivity contribution in [3.05, 3.63) is 29.8 Å². The van der Waals surface area contributed by atoms with E-state index in [2.05, 4.69) is 12.2 Å². The maximum atomic E-state index is 11.8. The summed E-state index contributed by atoms with van der Waals surface area (Å²) in [4.78, 5) is 22.9. The molecule has 0 fully saturated rings. The van der Waals surface area contributed by atoms with Gasteiger partial charge in [-0.1, -0.05) is 45.4 Å². The Morgan fingerprint density at radius 1 is 0.905 bits per heavy atom. The summed E-state index contributed by atoms with van der Waals surface area (Å²) >= 11 is 0. The molecule has 0 unspecified atom stereocenters. The van der Waals surface area contributed by atoms with Crippen LogP contribution in [0.2, 0.25) is 0 Å². The normalized spacial score (nSPS) is 10.4. The topological polar surface area (TPSA) is 46.2 Å². The number of hydrogen-bond donors (Lipinski definition) is 1. The molecule has 1 rings (SSSR count). The molecule has 3 heteroatoms. The molecule has 0 aliphatic heterocycles.